The Balaban J connectivity index is 1.44. The van der Waals surface area contributed by atoms with E-state index < -0.39 is 6.04 Å². The Bertz CT molecular complexity index is 1390. The summed E-state index contributed by atoms with van der Waals surface area (Å²) in [6.07, 6.45) is 6.27. The van der Waals surface area contributed by atoms with Gasteiger partial charge in [-0.05, 0) is 43.5 Å². The molecule has 4 aromatic rings. The summed E-state index contributed by atoms with van der Waals surface area (Å²) in [6.45, 7) is 3.77. The zero-order chi connectivity index (χ0) is 25.8. The van der Waals surface area contributed by atoms with E-state index in [1.807, 2.05) is 68.4 Å². The maximum atomic E-state index is 13.8. The molecule has 0 unspecified atom stereocenters. The van der Waals surface area contributed by atoms with Gasteiger partial charge in [-0.15, -0.1) is 10.2 Å². The lowest BCUT2D eigenvalue weighted by Gasteiger charge is -2.31. The number of tetrazole rings is 1. The van der Waals surface area contributed by atoms with Crippen molar-refractivity contribution in [1.29, 1.82) is 0 Å². The van der Waals surface area contributed by atoms with E-state index in [0.717, 1.165) is 47.7 Å². The lowest BCUT2D eigenvalue weighted by molar-refractivity contribution is -0.127. The molecule has 2 aromatic heterocycles. The minimum Gasteiger partial charge on any atom is -0.352 e. The number of anilines is 1. The summed E-state index contributed by atoms with van der Waals surface area (Å²) in [6, 6.07) is 16.9. The fourth-order valence-electron chi connectivity index (χ4n) is 4.87. The standard InChI is InChI=1S/C28H31N7O2/c1-3-25(28(37)30-22-9-5-6-10-22)35(23-16-21-8-4-7-11-24(21)29-17-23)26(36)18-34-32-27(31-33-34)20-14-12-19(2)13-15-20/h4,7-8,11-17,22,25H,3,5-6,9-10,18H2,1-2H3,(H,30,37)/t25-/m0/s1. The van der Waals surface area contributed by atoms with Crippen LogP contribution in [0.4, 0.5) is 5.69 Å². The maximum Gasteiger partial charge on any atom is 0.251 e. The van der Waals surface area contributed by atoms with Crippen molar-refractivity contribution < 1.29 is 9.59 Å². The number of para-hydroxylation sites is 1. The van der Waals surface area contributed by atoms with E-state index in [0.29, 0.717) is 17.9 Å². The number of benzene rings is 2. The molecular formula is C28H31N7O2. The van der Waals surface area contributed by atoms with Gasteiger partial charge in [0.05, 0.1) is 17.4 Å². The number of aromatic nitrogens is 5. The molecule has 1 fully saturated rings. The lowest BCUT2D eigenvalue weighted by Crippen LogP contribution is -2.52. The Morgan fingerprint density at radius 1 is 1.11 bits per heavy atom. The highest BCUT2D eigenvalue weighted by molar-refractivity contribution is 6.01. The van der Waals surface area contributed by atoms with E-state index in [1.54, 1.807) is 11.1 Å². The van der Waals surface area contributed by atoms with Crippen LogP contribution in [0.2, 0.25) is 0 Å². The number of fused-ring (bicyclic) bond motifs is 1. The average Bonchev–Trinajstić information content (AvgIpc) is 3.59. The molecule has 1 aliphatic carbocycles. The van der Waals surface area contributed by atoms with Gasteiger partial charge in [0.1, 0.15) is 12.6 Å². The third-order valence-corrected chi connectivity index (χ3v) is 6.86. The number of nitrogens with one attached hydrogen (secondary N) is 1. The molecule has 2 amide bonds. The van der Waals surface area contributed by atoms with E-state index in [-0.39, 0.29) is 24.4 Å². The Labute approximate surface area is 215 Å². The largest absolute Gasteiger partial charge is 0.352 e. The smallest absolute Gasteiger partial charge is 0.251 e. The van der Waals surface area contributed by atoms with E-state index >= 15 is 0 Å². The van der Waals surface area contributed by atoms with Gasteiger partial charge >= 0.3 is 0 Å². The molecule has 0 aliphatic heterocycles. The minimum atomic E-state index is -0.684. The number of rotatable bonds is 8. The number of hydrogen-bond acceptors (Lipinski definition) is 6. The topological polar surface area (TPSA) is 106 Å². The van der Waals surface area contributed by atoms with Crippen LogP contribution in [-0.2, 0) is 16.1 Å². The predicted octanol–water partition coefficient (Wildman–Crippen LogP) is 4.07. The summed E-state index contributed by atoms with van der Waals surface area (Å²) >= 11 is 0. The van der Waals surface area contributed by atoms with Crippen molar-refractivity contribution in [2.24, 2.45) is 0 Å². The second-order valence-electron chi connectivity index (χ2n) is 9.57. The van der Waals surface area contributed by atoms with Crippen molar-refractivity contribution in [3.8, 4) is 11.4 Å². The van der Waals surface area contributed by atoms with E-state index in [9.17, 15) is 9.59 Å². The molecule has 9 heteroatoms. The molecule has 1 saturated carbocycles. The van der Waals surface area contributed by atoms with E-state index in [4.69, 9.17) is 0 Å². The van der Waals surface area contributed by atoms with Gasteiger partial charge in [0, 0.05) is 17.0 Å². The van der Waals surface area contributed by atoms with Crippen molar-refractivity contribution >= 4 is 28.4 Å². The van der Waals surface area contributed by atoms with Crippen LogP contribution >= 0.6 is 0 Å². The number of carbonyl (C=O) groups is 2. The summed E-state index contributed by atoms with van der Waals surface area (Å²) in [7, 11) is 0. The molecule has 37 heavy (non-hydrogen) atoms. The molecule has 1 N–H and O–H groups in total. The SMILES string of the molecule is CC[C@@H](C(=O)NC1CCCC1)N(C(=O)Cn1nnc(-c2ccc(C)cc2)n1)c1cnc2ccccc2c1. The Morgan fingerprint density at radius 2 is 1.86 bits per heavy atom. The van der Waals surface area contributed by atoms with Crippen LogP contribution in [-0.4, -0.2) is 49.1 Å². The molecule has 1 aliphatic rings. The Morgan fingerprint density at radius 3 is 2.62 bits per heavy atom. The number of hydrogen-bond donors (Lipinski definition) is 1. The molecule has 9 nitrogen and oxygen atoms in total. The van der Waals surface area contributed by atoms with Crippen molar-refractivity contribution in [3.05, 3.63) is 66.4 Å². The van der Waals surface area contributed by atoms with E-state index in [1.165, 1.54) is 4.80 Å². The van der Waals surface area contributed by atoms with Gasteiger partial charge < -0.3 is 5.32 Å². The fraction of sp³-hybridized carbons (Fsp3) is 0.357. The molecule has 1 atom stereocenters. The summed E-state index contributed by atoms with van der Waals surface area (Å²) in [5.41, 5.74) is 3.34. The van der Waals surface area contributed by atoms with Crippen LogP contribution < -0.4 is 10.2 Å². The van der Waals surface area contributed by atoms with Crippen molar-refractivity contribution in [2.45, 2.75) is 64.6 Å². The van der Waals surface area contributed by atoms with Crippen LogP contribution in [0.25, 0.3) is 22.3 Å². The van der Waals surface area contributed by atoms with Crippen LogP contribution in [0.5, 0.6) is 0 Å². The predicted molar refractivity (Wildman–Crippen MR) is 142 cm³/mol. The first-order valence-corrected chi connectivity index (χ1v) is 12.8. The number of pyridine rings is 1. The molecular weight excluding hydrogens is 466 g/mol. The maximum absolute atomic E-state index is 13.8. The Hall–Kier alpha value is -4.14. The number of aryl methyl sites for hydroxylation is 1. The fourth-order valence-corrected chi connectivity index (χ4v) is 4.87. The first-order chi connectivity index (χ1) is 18.0. The first kappa shape index (κ1) is 24.5. The van der Waals surface area contributed by atoms with Crippen molar-refractivity contribution in [2.75, 3.05) is 4.90 Å². The highest BCUT2D eigenvalue weighted by Crippen LogP contribution is 2.25. The number of nitrogens with zero attached hydrogens (tertiary/aromatic N) is 6. The highest BCUT2D eigenvalue weighted by Gasteiger charge is 2.32. The van der Waals surface area contributed by atoms with Crippen LogP contribution in [0.1, 0.15) is 44.6 Å². The first-order valence-electron chi connectivity index (χ1n) is 12.8. The molecule has 2 heterocycles. The molecule has 0 saturated heterocycles. The molecule has 0 bridgehead atoms. The molecule has 0 spiro atoms. The third-order valence-electron chi connectivity index (χ3n) is 6.86. The zero-order valence-electron chi connectivity index (χ0n) is 21.2. The quantitative estimate of drug-likeness (QED) is 0.393. The second-order valence-corrected chi connectivity index (χ2v) is 9.57. The van der Waals surface area contributed by atoms with Gasteiger partial charge in [-0.2, -0.15) is 4.80 Å². The molecule has 5 rings (SSSR count). The third kappa shape index (κ3) is 5.50. The van der Waals surface area contributed by atoms with Crippen molar-refractivity contribution in [3.63, 3.8) is 0 Å². The van der Waals surface area contributed by atoms with Crippen molar-refractivity contribution in [1.82, 2.24) is 30.5 Å². The average molecular weight is 498 g/mol. The monoisotopic (exact) mass is 497 g/mol. The summed E-state index contributed by atoms with van der Waals surface area (Å²) in [5.74, 6) is -0.0149. The normalized spacial score (nSPS) is 14.5. The van der Waals surface area contributed by atoms with Gasteiger partial charge in [-0.3, -0.25) is 19.5 Å². The second kappa shape index (κ2) is 10.9. The Kier molecular flexibility index (Phi) is 7.20. The zero-order valence-corrected chi connectivity index (χ0v) is 21.2. The van der Waals surface area contributed by atoms with Gasteiger partial charge in [-0.25, -0.2) is 0 Å². The number of carbonyl (C=O) groups excluding carboxylic acids is 2. The van der Waals surface area contributed by atoms with Crippen LogP contribution in [0, 0.1) is 6.92 Å². The van der Waals surface area contributed by atoms with Crippen LogP contribution in [0.15, 0.2) is 60.8 Å². The summed E-state index contributed by atoms with van der Waals surface area (Å²) < 4.78 is 0. The molecule has 190 valence electrons. The van der Waals surface area contributed by atoms with Gasteiger partial charge in [0.25, 0.3) is 5.91 Å². The minimum absolute atomic E-state index is 0.150. The van der Waals surface area contributed by atoms with Gasteiger partial charge in [0.15, 0.2) is 0 Å². The van der Waals surface area contributed by atoms with Gasteiger partial charge in [-0.1, -0.05) is 67.8 Å². The number of amides is 2. The lowest BCUT2D eigenvalue weighted by atomic mass is 10.1. The van der Waals surface area contributed by atoms with E-state index in [2.05, 4.69) is 25.7 Å². The van der Waals surface area contributed by atoms with Gasteiger partial charge in [0.2, 0.25) is 11.7 Å². The summed E-state index contributed by atoms with van der Waals surface area (Å²) in [5, 5.41) is 16.7. The molecule has 2 aromatic carbocycles. The molecule has 0 radical (unpaired) electrons. The van der Waals surface area contributed by atoms with Crippen LogP contribution in [0.3, 0.4) is 0 Å². The highest BCUT2D eigenvalue weighted by atomic mass is 16.2. The summed E-state index contributed by atoms with van der Waals surface area (Å²) in [4.78, 5) is 34.5.